The predicted octanol–water partition coefficient (Wildman–Crippen LogP) is 3.95. The zero-order valence-corrected chi connectivity index (χ0v) is 36.5. The molecule has 336 valence electrons. The predicted molar refractivity (Wildman–Crippen MR) is 239 cm³/mol. The molecule has 1 unspecified atom stereocenters. The summed E-state index contributed by atoms with van der Waals surface area (Å²) in [7, 11) is 3.67. The Balaban J connectivity index is 0.000000241. The van der Waals surface area contributed by atoms with Crippen molar-refractivity contribution in [3.05, 3.63) is 114 Å². The quantitative estimate of drug-likeness (QED) is 0.0605. The molecule has 0 spiro atoms. The first kappa shape index (κ1) is 47.6. The van der Waals surface area contributed by atoms with Crippen LogP contribution < -0.4 is 31.6 Å². The van der Waals surface area contributed by atoms with Crippen LogP contribution in [0.2, 0.25) is 0 Å². The standard InChI is InChI=1S/2C21H22N4O6S/c2*1-11-22-14-4-3-12(9-13(14)19(28)23-11)10-25(2)17-7-6-16(32-17)20(29)24-15(21(30)31)5-8-18(26)27/h2*3-4,6-7,9,15H,5,8,10H2,1-2H3,(H,24,29)(H,26,27)(H,30,31)(H,22,23,28)/t15-;/m0./s1. The molecule has 0 saturated heterocycles. The molecule has 2 amide bonds. The number of aromatic amines is 2. The number of anilines is 2. The Labute approximate surface area is 371 Å². The van der Waals surface area contributed by atoms with Crippen molar-refractivity contribution in [3.63, 3.8) is 0 Å². The van der Waals surface area contributed by atoms with Crippen molar-refractivity contribution in [2.75, 3.05) is 23.9 Å². The average Bonchev–Trinajstić information content (AvgIpc) is 3.93. The molecule has 2 aromatic carbocycles. The van der Waals surface area contributed by atoms with Crippen molar-refractivity contribution in [2.24, 2.45) is 0 Å². The molecule has 0 saturated carbocycles. The Kier molecular flexibility index (Phi) is 15.7. The number of carboxylic acid groups (broad SMARTS) is 4. The topological polar surface area (TPSA) is 305 Å². The number of carboxylic acids is 4. The molecule has 6 aromatic rings. The third-order valence-electron chi connectivity index (χ3n) is 9.51. The summed E-state index contributed by atoms with van der Waals surface area (Å²) in [6, 6.07) is 15.0. The van der Waals surface area contributed by atoms with Gasteiger partial charge in [-0.25, -0.2) is 14.6 Å². The molecular formula is C42H44N8O12S2. The third kappa shape index (κ3) is 12.8. The van der Waals surface area contributed by atoms with E-state index >= 15 is 0 Å². The Morgan fingerprint density at radius 2 is 1.11 bits per heavy atom. The smallest absolute Gasteiger partial charge is 0.326 e. The number of H-pyrrole nitrogens is 2. The van der Waals surface area contributed by atoms with Gasteiger partial charge in [-0.2, -0.15) is 4.98 Å². The van der Waals surface area contributed by atoms with Crippen molar-refractivity contribution in [1.82, 2.24) is 30.6 Å². The van der Waals surface area contributed by atoms with Gasteiger partial charge in [0.05, 0.1) is 41.6 Å². The fourth-order valence-corrected chi connectivity index (χ4v) is 8.07. The van der Waals surface area contributed by atoms with E-state index in [4.69, 9.17) is 10.2 Å². The number of hydrogen-bond acceptors (Lipinski definition) is 14. The second kappa shape index (κ2) is 21.1. The van der Waals surface area contributed by atoms with Gasteiger partial charge in [0, 0.05) is 40.0 Å². The molecule has 0 aliphatic carbocycles. The normalized spacial score (nSPS) is 11.8. The fraction of sp³-hybridized carbons (Fsp3) is 0.286. The molecule has 0 fully saturated rings. The van der Waals surface area contributed by atoms with Gasteiger partial charge in [-0.3, -0.25) is 28.8 Å². The van der Waals surface area contributed by atoms with E-state index in [2.05, 4.69) is 30.6 Å². The number of amides is 2. The zero-order chi connectivity index (χ0) is 46.8. The van der Waals surface area contributed by atoms with E-state index in [0.717, 1.165) is 21.1 Å². The van der Waals surface area contributed by atoms with E-state index in [0.29, 0.717) is 56.3 Å². The SMILES string of the molecule is Cc1nc(=O)c2cc(CN(C)c3ccc(C(=O)NC(CCC(=O)O)C(=O)O)s3)ccc2[nH]1.Cc1nc2ccc(CN(C)c3ccc(C(=O)N[C@@H](CCC(=O)O)C(=O)O)s3)cc2c(=O)[nH]1. The maximum absolute atomic E-state index is 12.4. The third-order valence-corrected chi connectivity index (χ3v) is 11.9. The van der Waals surface area contributed by atoms with Crippen molar-refractivity contribution in [1.29, 1.82) is 0 Å². The Morgan fingerprint density at radius 3 is 1.59 bits per heavy atom. The van der Waals surface area contributed by atoms with Crippen LogP contribution in [0.15, 0.2) is 70.3 Å². The highest BCUT2D eigenvalue weighted by molar-refractivity contribution is 7.18. The van der Waals surface area contributed by atoms with Gasteiger partial charge in [0.25, 0.3) is 22.9 Å². The van der Waals surface area contributed by atoms with E-state index in [1.165, 1.54) is 22.7 Å². The van der Waals surface area contributed by atoms with E-state index in [-0.39, 0.29) is 36.8 Å². The van der Waals surface area contributed by atoms with Crippen LogP contribution >= 0.6 is 22.7 Å². The second-order valence-corrected chi connectivity index (χ2v) is 16.7. The van der Waals surface area contributed by atoms with Crippen LogP contribution in [-0.2, 0) is 32.3 Å². The van der Waals surface area contributed by atoms with Crippen LogP contribution in [0.4, 0.5) is 10.0 Å². The van der Waals surface area contributed by atoms with Crippen LogP contribution in [0.3, 0.4) is 0 Å². The van der Waals surface area contributed by atoms with Crippen LogP contribution in [0.5, 0.6) is 0 Å². The van der Waals surface area contributed by atoms with Crippen molar-refractivity contribution in [2.45, 2.75) is 64.7 Å². The molecule has 0 radical (unpaired) electrons. The van der Waals surface area contributed by atoms with Gasteiger partial charge in [-0.1, -0.05) is 12.1 Å². The monoisotopic (exact) mass is 916 g/mol. The molecule has 8 N–H and O–H groups in total. The number of aliphatic carboxylic acids is 4. The number of thiophene rings is 2. The van der Waals surface area contributed by atoms with E-state index < -0.39 is 47.8 Å². The summed E-state index contributed by atoms with van der Waals surface area (Å²) >= 11 is 2.36. The summed E-state index contributed by atoms with van der Waals surface area (Å²) in [4.78, 5) is 112. The number of carbonyl (C=O) groups excluding carboxylic acids is 2. The van der Waals surface area contributed by atoms with Gasteiger partial charge >= 0.3 is 23.9 Å². The number of nitrogens with zero attached hydrogens (tertiary/aromatic N) is 4. The van der Waals surface area contributed by atoms with Crippen LogP contribution in [0, 0.1) is 13.8 Å². The molecular weight excluding hydrogens is 873 g/mol. The van der Waals surface area contributed by atoms with E-state index in [1.54, 1.807) is 56.3 Å². The summed E-state index contributed by atoms with van der Waals surface area (Å²) < 4.78 is 0. The molecule has 0 aliphatic heterocycles. The number of rotatable bonds is 18. The number of benzene rings is 2. The lowest BCUT2D eigenvalue weighted by Gasteiger charge is -2.17. The summed E-state index contributed by atoms with van der Waals surface area (Å²) in [6.07, 6.45) is -1.13. The average molecular weight is 917 g/mol. The van der Waals surface area contributed by atoms with Crippen LogP contribution in [0.25, 0.3) is 21.8 Å². The lowest BCUT2D eigenvalue weighted by molar-refractivity contribution is -0.142. The highest BCUT2D eigenvalue weighted by atomic mass is 32.1. The lowest BCUT2D eigenvalue weighted by Crippen LogP contribution is -2.40. The number of aryl methyl sites for hydroxylation is 2. The molecule has 20 nitrogen and oxygen atoms in total. The van der Waals surface area contributed by atoms with E-state index in [1.807, 2.05) is 42.1 Å². The molecule has 4 heterocycles. The highest BCUT2D eigenvalue weighted by Crippen LogP contribution is 2.28. The number of aromatic nitrogens is 4. The van der Waals surface area contributed by atoms with Crippen molar-refractivity contribution >= 4 is 90.2 Å². The first-order valence-corrected chi connectivity index (χ1v) is 21.0. The molecule has 2 atom stereocenters. The number of nitrogens with one attached hydrogen (secondary N) is 4. The molecule has 22 heteroatoms. The largest absolute Gasteiger partial charge is 0.481 e. The minimum Gasteiger partial charge on any atom is -0.481 e. The maximum Gasteiger partial charge on any atom is 0.326 e. The molecule has 0 bridgehead atoms. The number of hydrogen-bond donors (Lipinski definition) is 8. The van der Waals surface area contributed by atoms with Gasteiger partial charge < -0.3 is 50.8 Å². The Bertz CT molecular complexity index is 2660. The minimum absolute atomic E-state index is 0.204. The zero-order valence-electron chi connectivity index (χ0n) is 34.8. The molecule has 4 aromatic heterocycles. The number of fused-ring (bicyclic) bond motifs is 2. The minimum atomic E-state index is -1.29. The molecule has 64 heavy (non-hydrogen) atoms. The van der Waals surface area contributed by atoms with Gasteiger partial charge in [0.1, 0.15) is 23.7 Å². The first-order chi connectivity index (χ1) is 30.3. The Morgan fingerprint density at radius 1 is 0.641 bits per heavy atom. The summed E-state index contributed by atoms with van der Waals surface area (Å²) in [5.74, 6) is -4.90. The van der Waals surface area contributed by atoms with Gasteiger partial charge in [0.2, 0.25) is 0 Å². The molecule has 0 aliphatic rings. The maximum atomic E-state index is 12.4. The second-order valence-electron chi connectivity index (χ2n) is 14.6. The van der Waals surface area contributed by atoms with Crippen molar-refractivity contribution in [3.8, 4) is 0 Å². The van der Waals surface area contributed by atoms with Gasteiger partial charge in [-0.15, -0.1) is 22.7 Å². The first-order valence-electron chi connectivity index (χ1n) is 19.4. The van der Waals surface area contributed by atoms with Gasteiger partial charge in [0.15, 0.2) is 0 Å². The summed E-state index contributed by atoms with van der Waals surface area (Å²) in [5, 5.41) is 43.1. The number of carbonyl (C=O) groups is 6. The highest BCUT2D eigenvalue weighted by Gasteiger charge is 2.24. The van der Waals surface area contributed by atoms with Crippen LogP contribution in [-0.4, -0.2) is 102 Å². The summed E-state index contributed by atoms with van der Waals surface area (Å²) in [5.41, 5.74) is 2.59. The van der Waals surface area contributed by atoms with Crippen LogP contribution in [0.1, 0.15) is 67.8 Å². The van der Waals surface area contributed by atoms with Gasteiger partial charge in [-0.05, 0) is 86.3 Å². The lowest BCUT2D eigenvalue weighted by atomic mass is 10.1. The Hall–Kier alpha value is -7.46. The van der Waals surface area contributed by atoms with Crippen molar-refractivity contribution < 1.29 is 49.2 Å². The van der Waals surface area contributed by atoms with E-state index in [9.17, 15) is 48.6 Å². The fourth-order valence-electron chi connectivity index (χ4n) is 6.33. The summed E-state index contributed by atoms with van der Waals surface area (Å²) in [6.45, 7) is 4.39. The molecule has 6 rings (SSSR count).